The van der Waals surface area contributed by atoms with E-state index in [9.17, 15) is 9.59 Å². The number of fused-ring (bicyclic) bond motifs is 1. The smallest absolute Gasteiger partial charge is 0.349 e. The Bertz CT molecular complexity index is 1060. The minimum atomic E-state index is -0.592. The molecule has 0 aliphatic rings. The Morgan fingerprint density at radius 1 is 1.11 bits per heavy atom. The molecule has 0 spiro atoms. The van der Waals surface area contributed by atoms with Crippen LogP contribution in [0.25, 0.3) is 11.0 Å². The van der Waals surface area contributed by atoms with Gasteiger partial charge in [0.05, 0.1) is 11.6 Å². The van der Waals surface area contributed by atoms with Gasteiger partial charge in [0.2, 0.25) is 0 Å². The average molecular weight is 363 g/mol. The zero-order valence-electron chi connectivity index (χ0n) is 14.7. The number of esters is 1. The molecule has 3 rings (SSSR count). The molecule has 0 saturated carbocycles. The highest BCUT2D eigenvalue weighted by Gasteiger charge is 2.10. The van der Waals surface area contributed by atoms with Gasteiger partial charge in [-0.25, -0.2) is 9.59 Å². The molecule has 1 heterocycles. The molecule has 1 aromatic heterocycles. The van der Waals surface area contributed by atoms with Crippen LogP contribution in [-0.4, -0.2) is 12.6 Å². The molecule has 0 atom stereocenters. The molecule has 27 heavy (non-hydrogen) atoms. The first-order valence-corrected chi connectivity index (χ1v) is 8.49. The van der Waals surface area contributed by atoms with Crippen molar-refractivity contribution in [3.8, 4) is 17.6 Å². The minimum Gasteiger partial charge on any atom is -0.482 e. The third-order valence-corrected chi connectivity index (χ3v) is 3.89. The molecular formula is C21H17NO5. The predicted octanol–water partition coefficient (Wildman–Crippen LogP) is 3.60. The van der Waals surface area contributed by atoms with E-state index in [4.69, 9.17) is 19.2 Å². The number of carbonyl (C=O) groups is 1. The highest BCUT2D eigenvalue weighted by Crippen LogP contribution is 2.23. The third kappa shape index (κ3) is 4.53. The van der Waals surface area contributed by atoms with Crippen LogP contribution in [0.5, 0.6) is 11.5 Å². The lowest BCUT2D eigenvalue weighted by Crippen LogP contribution is -2.17. The van der Waals surface area contributed by atoms with Crippen molar-refractivity contribution in [2.45, 2.75) is 19.8 Å². The van der Waals surface area contributed by atoms with Gasteiger partial charge in [-0.1, -0.05) is 13.3 Å². The summed E-state index contributed by atoms with van der Waals surface area (Å²) < 4.78 is 15.8. The molecular weight excluding hydrogens is 346 g/mol. The van der Waals surface area contributed by atoms with Gasteiger partial charge >= 0.3 is 11.6 Å². The number of hydrogen-bond donors (Lipinski definition) is 0. The number of benzene rings is 2. The Hall–Kier alpha value is -3.59. The van der Waals surface area contributed by atoms with Crippen molar-refractivity contribution < 1.29 is 18.7 Å². The Morgan fingerprint density at radius 3 is 2.56 bits per heavy atom. The summed E-state index contributed by atoms with van der Waals surface area (Å²) in [7, 11) is 0. The van der Waals surface area contributed by atoms with Crippen LogP contribution < -0.4 is 15.1 Å². The first-order valence-electron chi connectivity index (χ1n) is 8.49. The number of nitriles is 1. The highest BCUT2D eigenvalue weighted by molar-refractivity contribution is 5.83. The van der Waals surface area contributed by atoms with Crippen molar-refractivity contribution in [1.29, 1.82) is 5.26 Å². The molecule has 0 saturated heterocycles. The van der Waals surface area contributed by atoms with Crippen LogP contribution in [0, 0.1) is 11.3 Å². The molecule has 0 amide bonds. The lowest BCUT2D eigenvalue weighted by atomic mass is 10.1. The van der Waals surface area contributed by atoms with Crippen molar-refractivity contribution >= 4 is 16.9 Å². The Balaban J connectivity index is 1.69. The molecule has 6 nitrogen and oxygen atoms in total. The summed E-state index contributed by atoms with van der Waals surface area (Å²) in [5, 5.41) is 9.58. The van der Waals surface area contributed by atoms with E-state index >= 15 is 0 Å². The van der Waals surface area contributed by atoms with E-state index in [-0.39, 0.29) is 12.4 Å². The van der Waals surface area contributed by atoms with E-state index < -0.39 is 11.6 Å². The topological polar surface area (TPSA) is 89.5 Å². The van der Waals surface area contributed by atoms with Crippen LogP contribution in [0.1, 0.15) is 24.5 Å². The molecule has 6 heteroatoms. The van der Waals surface area contributed by atoms with E-state index in [0.717, 1.165) is 23.8 Å². The van der Waals surface area contributed by atoms with Gasteiger partial charge in [0.15, 0.2) is 6.61 Å². The minimum absolute atomic E-state index is 0.271. The predicted molar refractivity (Wildman–Crippen MR) is 98.8 cm³/mol. The fourth-order valence-corrected chi connectivity index (χ4v) is 2.68. The third-order valence-electron chi connectivity index (χ3n) is 3.89. The maximum absolute atomic E-state index is 12.0. The zero-order chi connectivity index (χ0) is 19.2. The molecule has 2 aromatic carbocycles. The standard InChI is InChI=1S/C21H17NO5/c1-2-3-15-10-20(23)27-19-11-17(8-9-18(15)19)26-21(24)13-25-16-6-4-14(12-22)5-7-16/h4-11H,2-3,13H2,1H3. The van der Waals surface area contributed by atoms with Crippen molar-refractivity contribution in [2.24, 2.45) is 0 Å². The van der Waals surface area contributed by atoms with Gasteiger partial charge in [0, 0.05) is 17.5 Å². The summed E-state index contributed by atoms with van der Waals surface area (Å²) in [5.41, 5.74) is 1.36. The maximum atomic E-state index is 12.0. The van der Waals surface area contributed by atoms with E-state index in [1.54, 1.807) is 36.4 Å². The van der Waals surface area contributed by atoms with Crippen LogP contribution >= 0.6 is 0 Å². The van der Waals surface area contributed by atoms with Gasteiger partial charge in [0.25, 0.3) is 0 Å². The van der Waals surface area contributed by atoms with E-state index in [0.29, 0.717) is 16.9 Å². The van der Waals surface area contributed by atoms with Gasteiger partial charge in [-0.2, -0.15) is 5.26 Å². The normalized spacial score (nSPS) is 10.4. The van der Waals surface area contributed by atoms with Crippen LogP contribution in [0.2, 0.25) is 0 Å². The summed E-state index contributed by atoms with van der Waals surface area (Å²) in [4.78, 5) is 23.7. The number of nitrogens with zero attached hydrogens (tertiary/aromatic N) is 1. The monoisotopic (exact) mass is 363 g/mol. The van der Waals surface area contributed by atoms with E-state index in [1.807, 2.05) is 13.0 Å². The van der Waals surface area contributed by atoms with Gasteiger partial charge in [-0.3, -0.25) is 0 Å². The summed E-state index contributed by atoms with van der Waals surface area (Å²) >= 11 is 0. The van der Waals surface area contributed by atoms with Crippen LogP contribution in [0.4, 0.5) is 0 Å². The first-order chi connectivity index (χ1) is 13.1. The van der Waals surface area contributed by atoms with Crippen molar-refractivity contribution in [1.82, 2.24) is 0 Å². The van der Waals surface area contributed by atoms with Gasteiger partial charge in [-0.05, 0) is 48.4 Å². The maximum Gasteiger partial charge on any atom is 0.349 e. The molecule has 0 radical (unpaired) electrons. The largest absolute Gasteiger partial charge is 0.482 e. The number of aryl methyl sites for hydroxylation is 1. The Kier molecular flexibility index (Phi) is 5.53. The van der Waals surface area contributed by atoms with Crippen molar-refractivity contribution in [2.75, 3.05) is 6.61 Å². The zero-order valence-corrected chi connectivity index (χ0v) is 14.7. The fourth-order valence-electron chi connectivity index (χ4n) is 2.68. The second kappa shape index (κ2) is 8.19. The summed E-state index contributed by atoms with van der Waals surface area (Å²) in [6.07, 6.45) is 1.67. The Labute approximate surface area is 155 Å². The SMILES string of the molecule is CCCc1cc(=O)oc2cc(OC(=O)COc3ccc(C#N)cc3)ccc12. The highest BCUT2D eigenvalue weighted by atomic mass is 16.6. The van der Waals surface area contributed by atoms with E-state index in [1.165, 1.54) is 12.1 Å². The summed E-state index contributed by atoms with van der Waals surface area (Å²) in [5.74, 6) is 0.137. The van der Waals surface area contributed by atoms with E-state index in [2.05, 4.69) is 0 Å². The summed E-state index contributed by atoms with van der Waals surface area (Å²) in [6.45, 7) is 1.74. The molecule has 0 fully saturated rings. The number of ether oxygens (including phenoxy) is 2. The van der Waals surface area contributed by atoms with Gasteiger partial charge in [0.1, 0.15) is 17.1 Å². The van der Waals surface area contributed by atoms with Crippen molar-refractivity contribution in [3.05, 3.63) is 70.1 Å². The van der Waals surface area contributed by atoms with Crippen molar-refractivity contribution in [3.63, 3.8) is 0 Å². The second-order valence-electron chi connectivity index (χ2n) is 5.90. The lowest BCUT2D eigenvalue weighted by molar-refractivity contribution is -0.136. The molecule has 0 N–H and O–H groups in total. The first kappa shape index (κ1) is 18.2. The van der Waals surface area contributed by atoms with Crippen LogP contribution in [0.15, 0.2) is 57.7 Å². The number of rotatable bonds is 6. The quantitative estimate of drug-likeness (QED) is 0.378. The molecule has 3 aromatic rings. The number of hydrogen-bond acceptors (Lipinski definition) is 6. The van der Waals surface area contributed by atoms with Crippen LogP contribution in [-0.2, 0) is 11.2 Å². The van der Waals surface area contributed by atoms with Gasteiger partial charge < -0.3 is 13.9 Å². The lowest BCUT2D eigenvalue weighted by Gasteiger charge is -2.08. The number of carbonyl (C=O) groups excluding carboxylic acids is 1. The molecule has 0 unspecified atom stereocenters. The average Bonchev–Trinajstić information content (AvgIpc) is 2.66. The summed E-state index contributed by atoms with van der Waals surface area (Å²) in [6, 6.07) is 14.8. The molecule has 136 valence electrons. The fraction of sp³-hybridized carbons (Fsp3) is 0.190. The van der Waals surface area contributed by atoms with Gasteiger partial charge in [-0.15, -0.1) is 0 Å². The molecule has 0 aliphatic carbocycles. The molecule has 0 aliphatic heterocycles. The second-order valence-corrected chi connectivity index (χ2v) is 5.90. The Morgan fingerprint density at radius 2 is 1.85 bits per heavy atom. The van der Waals surface area contributed by atoms with Crippen LogP contribution in [0.3, 0.4) is 0 Å². The molecule has 0 bridgehead atoms.